The number of phenols is 1. The molecule has 0 saturated heterocycles. The van der Waals surface area contributed by atoms with Gasteiger partial charge in [-0.1, -0.05) is 0 Å². The van der Waals surface area contributed by atoms with Crippen LogP contribution < -0.4 is 16.6 Å². The highest BCUT2D eigenvalue weighted by molar-refractivity contribution is 7.13. The average Bonchev–Trinajstić information content (AvgIpc) is 3.20. The van der Waals surface area contributed by atoms with Crippen molar-refractivity contribution < 1.29 is 19.1 Å². The minimum atomic E-state index is -0.550. The van der Waals surface area contributed by atoms with E-state index in [2.05, 4.69) is 15.3 Å². The third kappa shape index (κ3) is 3.99. The SMILES string of the molecule is NC(=O)c1ccc(N=c2oc3cc(O)ccc3cc2C(=O)Nc2nccs2)cc1. The van der Waals surface area contributed by atoms with Crippen LogP contribution in [0, 0.1) is 0 Å². The smallest absolute Gasteiger partial charge is 0.262 e. The van der Waals surface area contributed by atoms with Gasteiger partial charge in [0, 0.05) is 28.6 Å². The van der Waals surface area contributed by atoms with Gasteiger partial charge in [-0.2, -0.15) is 0 Å². The van der Waals surface area contributed by atoms with Crippen molar-refractivity contribution in [1.82, 2.24) is 4.98 Å². The highest BCUT2D eigenvalue weighted by Crippen LogP contribution is 2.21. The molecule has 144 valence electrons. The highest BCUT2D eigenvalue weighted by atomic mass is 32.1. The number of benzene rings is 2. The van der Waals surface area contributed by atoms with Crippen LogP contribution in [-0.4, -0.2) is 21.9 Å². The number of thiazole rings is 1. The van der Waals surface area contributed by atoms with E-state index in [-0.39, 0.29) is 16.9 Å². The number of primary amides is 1. The lowest BCUT2D eigenvalue weighted by Crippen LogP contribution is -2.21. The van der Waals surface area contributed by atoms with Crippen LogP contribution in [0.25, 0.3) is 11.0 Å². The normalized spacial score (nSPS) is 11.5. The van der Waals surface area contributed by atoms with Gasteiger partial charge in [0.2, 0.25) is 11.5 Å². The Morgan fingerprint density at radius 2 is 1.93 bits per heavy atom. The number of carbonyl (C=O) groups excluding carboxylic acids is 2. The van der Waals surface area contributed by atoms with E-state index < -0.39 is 11.8 Å². The summed E-state index contributed by atoms with van der Waals surface area (Å²) in [5, 5.41) is 15.2. The third-order valence-corrected chi connectivity index (χ3v) is 4.70. The molecule has 0 atom stereocenters. The summed E-state index contributed by atoms with van der Waals surface area (Å²) in [5.41, 5.74) is 6.65. The number of hydrogen-bond donors (Lipinski definition) is 3. The lowest BCUT2D eigenvalue weighted by Gasteiger charge is -2.05. The molecule has 8 nitrogen and oxygen atoms in total. The minimum absolute atomic E-state index is 0.0259. The zero-order valence-electron chi connectivity index (χ0n) is 14.8. The quantitative estimate of drug-likeness (QED) is 0.479. The number of aromatic hydroxyl groups is 1. The summed E-state index contributed by atoms with van der Waals surface area (Å²) < 4.78 is 5.80. The molecule has 0 aliphatic heterocycles. The van der Waals surface area contributed by atoms with E-state index in [0.717, 1.165) is 0 Å². The minimum Gasteiger partial charge on any atom is -0.508 e. The van der Waals surface area contributed by atoms with Gasteiger partial charge < -0.3 is 15.3 Å². The van der Waals surface area contributed by atoms with Gasteiger partial charge in [0.15, 0.2) is 5.13 Å². The van der Waals surface area contributed by atoms with Gasteiger partial charge in [-0.15, -0.1) is 11.3 Å². The molecule has 0 saturated carbocycles. The summed E-state index contributed by atoms with van der Waals surface area (Å²) in [7, 11) is 0. The van der Waals surface area contributed by atoms with E-state index in [1.54, 1.807) is 35.8 Å². The molecule has 0 spiro atoms. The van der Waals surface area contributed by atoms with E-state index >= 15 is 0 Å². The Morgan fingerprint density at radius 1 is 1.14 bits per heavy atom. The zero-order valence-corrected chi connectivity index (χ0v) is 15.6. The van der Waals surface area contributed by atoms with Gasteiger partial charge in [0.25, 0.3) is 5.91 Å². The molecule has 0 fully saturated rings. The monoisotopic (exact) mass is 406 g/mol. The molecule has 0 bridgehead atoms. The van der Waals surface area contributed by atoms with Gasteiger partial charge in [-0.25, -0.2) is 9.98 Å². The first-order valence-corrected chi connectivity index (χ1v) is 9.30. The number of aromatic nitrogens is 1. The van der Waals surface area contributed by atoms with Crippen molar-refractivity contribution in [3.05, 3.63) is 76.8 Å². The van der Waals surface area contributed by atoms with Crippen LogP contribution in [0.5, 0.6) is 5.75 Å². The van der Waals surface area contributed by atoms with Gasteiger partial charge in [-0.3, -0.25) is 14.9 Å². The van der Waals surface area contributed by atoms with Crippen molar-refractivity contribution in [3.8, 4) is 5.75 Å². The molecule has 4 aromatic rings. The molecule has 0 unspecified atom stereocenters. The fraction of sp³-hybridized carbons (Fsp3) is 0. The maximum Gasteiger partial charge on any atom is 0.262 e. The van der Waals surface area contributed by atoms with E-state index in [1.165, 1.54) is 35.6 Å². The molecule has 2 amide bonds. The Labute approximate surface area is 168 Å². The van der Waals surface area contributed by atoms with Crippen molar-refractivity contribution in [3.63, 3.8) is 0 Å². The third-order valence-electron chi connectivity index (χ3n) is 4.01. The summed E-state index contributed by atoms with van der Waals surface area (Å²) in [5.74, 6) is -0.963. The molecule has 9 heteroatoms. The highest BCUT2D eigenvalue weighted by Gasteiger charge is 2.14. The first-order chi connectivity index (χ1) is 14.0. The molecule has 2 aromatic heterocycles. The second-order valence-corrected chi connectivity index (χ2v) is 6.90. The predicted molar refractivity (Wildman–Crippen MR) is 108 cm³/mol. The molecule has 2 heterocycles. The van der Waals surface area contributed by atoms with Crippen molar-refractivity contribution in [2.75, 3.05) is 5.32 Å². The number of nitrogens with one attached hydrogen (secondary N) is 1. The van der Waals surface area contributed by atoms with Crippen molar-refractivity contribution in [2.24, 2.45) is 10.7 Å². The standard InChI is InChI=1S/C20H14N4O4S/c21-17(26)11-1-4-13(5-2-11)23-19-15(18(27)24-20-22-7-8-29-20)9-12-3-6-14(25)10-16(12)28-19/h1-10,25H,(H2,21,26)(H,22,24,27). The van der Waals surface area contributed by atoms with E-state index in [9.17, 15) is 14.7 Å². The molecule has 2 aromatic carbocycles. The summed E-state index contributed by atoms with van der Waals surface area (Å²) in [6.45, 7) is 0. The van der Waals surface area contributed by atoms with Gasteiger partial charge in [0.1, 0.15) is 16.9 Å². The Bertz CT molecular complexity index is 1280. The van der Waals surface area contributed by atoms with Crippen molar-refractivity contribution >= 4 is 44.9 Å². The number of nitrogens with zero attached hydrogens (tertiary/aromatic N) is 2. The maximum atomic E-state index is 12.8. The molecular weight excluding hydrogens is 392 g/mol. The van der Waals surface area contributed by atoms with Crippen molar-refractivity contribution in [2.45, 2.75) is 0 Å². The Balaban J connectivity index is 1.84. The lowest BCUT2D eigenvalue weighted by atomic mass is 10.1. The zero-order chi connectivity index (χ0) is 20.4. The van der Waals surface area contributed by atoms with E-state index in [1.807, 2.05) is 0 Å². The summed E-state index contributed by atoms with van der Waals surface area (Å²) in [6, 6.07) is 12.4. The summed E-state index contributed by atoms with van der Waals surface area (Å²) >= 11 is 1.28. The van der Waals surface area contributed by atoms with Crippen LogP contribution in [-0.2, 0) is 0 Å². The van der Waals surface area contributed by atoms with Crippen molar-refractivity contribution in [1.29, 1.82) is 0 Å². The van der Waals surface area contributed by atoms with Crippen LogP contribution in [0.15, 0.2) is 69.5 Å². The second-order valence-electron chi connectivity index (χ2n) is 6.00. The molecule has 4 N–H and O–H groups in total. The number of hydrogen-bond acceptors (Lipinski definition) is 7. The van der Waals surface area contributed by atoms with Crippen LogP contribution >= 0.6 is 11.3 Å². The fourth-order valence-corrected chi connectivity index (χ4v) is 3.14. The number of carbonyl (C=O) groups is 2. The number of fused-ring (bicyclic) bond motifs is 1. The Morgan fingerprint density at radius 3 is 2.62 bits per heavy atom. The Hall–Kier alpha value is -3.98. The average molecular weight is 406 g/mol. The number of amides is 2. The number of anilines is 1. The summed E-state index contributed by atoms with van der Waals surface area (Å²) in [6.07, 6.45) is 1.58. The number of rotatable bonds is 4. The van der Waals surface area contributed by atoms with Crippen LogP contribution in [0.2, 0.25) is 0 Å². The molecular formula is C20H14N4O4S. The molecule has 0 radical (unpaired) electrons. The van der Waals surface area contributed by atoms with Gasteiger partial charge >= 0.3 is 0 Å². The van der Waals surface area contributed by atoms with Gasteiger partial charge in [0.05, 0.1) is 5.69 Å². The second kappa shape index (κ2) is 7.56. The predicted octanol–water partition coefficient (Wildman–Crippen LogP) is 3.18. The maximum absolute atomic E-state index is 12.8. The molecule has 29 heavy (non-hydrogen) atoms. The molecule has 0 aliphatic carbocycles. The topological polar surface area (TPSA) is 131 Å². The molecule has 0 aliphatic rings. The number of nitrogens with two attached hydrogens (primary N) is 1. The van der Waals surface area contributed by atoms with E-state index in [4.69, 9.17) is 10.2 Å². The van der Waals surface area contributed by atoms with Crippen LogP contribution in [0.1, 0.15) is 20.7 Å². The summed E-state index contributed by atoms with van der Waals surface area (Å²) in [4.78, 5) is 32.5. The van der Waals surface area contributed by atoms with Gasteiger partial charge in [-0.05, 0) is 42.5 Å². The largest absolute Gasteiger partial charge is 0.508 e. The lowest BCUT2D eigenvalue weighted by molar-refractivity contribution is 0.0997. The van der Waals surface area contributed by atoms with Crippen LogP contribution in [0.3, 0.4) is 0 Å². The molecule has 4 rings (SSSR count). The Kier molecular flexibility index (Phi) is 4.80. The first kappa shape index (κ1) is 18.4. The first-order valence-electron chi connectivity index (χ1n) is 8.42. The fourth-order valence-electron chi connectivity index (χ4n) is 2.62. The number of phenolic OH excluding ortho intramolecular Hbond substituents is 1. The van der Waals surface area contributed by atoms with Crippen LogP contribution in [0.4, 0.5) is 10.8 Å². The van der Waals surface area contributed by atoms with E-state index in [0.29, 0.717) is 27.4 Å².